The predicted octanol–water partition coefficient (Wildman–Crippen LogP) is 11.0. The fraction of sp³-hybridized carbons (Fsp3) is 0.786. The molecule has 304 valence electrons. The van der Waals surface area contributed by atoms with Crippen LogP contribution in [0.4, 0.5) is 0 Å². The maximum absolute atomic E-state index is 7.69. The first-order valence-electron chi connectivity index (χ1n) is 20.5. The zero-order valence-corrected chi connectivity index (χ0v) is 43.1. The molecule has 0 unspecified atom stereocenters. The van der Waals surface area contributed by atoms with Crippen molar-refractivity contribution in [1.82, 2.24) is 4.98 Å². The number of rotatable bonds is 20. The van der Waals surface area contributed by atoms with E-state index in [4.69, 9.17) is 32.5 Å². The summed E-state index contributed by atoms with van der Waals surface area (Å²) in [6.07, 6.45) is 10.2. The number of aromatic nitrogens is 1. The van der Waals surface area contributed by atoms with Crippen molar-refractivity contribution in [3.8, 4) is 11.5 Å². The van der Waals surface area contributed by atoms with Gasteiger partial charge in [0.05, 0.1) is 6.10 Å². The average molecular weight is 897 g/mol. The van der Waals surface area contributed by atoms with Crippen molar-refractivity contribution in [3.05, 3.63) is 36.0 Å². The van der Waals surface area contributed by atoms with Crippen LogP contribution in [0.15, 0.2) is 34.5 Å². The number of allylic oxidation sites excluding steroid dienone is 2. The van der Waals surface area contributed by atoms with Crippen LogP contribution in [0.3, 0.4) is 0 Å². The van der Waals surface area contributed by atoms with Crippen LogP contribution >= 0.6 is 0 Å². The summed E-state index contributed by atoms with van der Waals surface area (Å²) in [7, 11) is -2.39. The van der Waals surface area contributed by atoms with Gasteiger partial charge in [0.2, 0.25) is 0 Å². The van der Waals surface area contributed by atoms with Crippen molar-refractivity contribution in [2.24, 2.45) is 0 Å². The molecule has 2 rings (SSSR count). The molecule has 2 heterocycles. The number of hydrogen-bond acceptors (Lipinski definition) is 7. The van der Waals surface area contributed by atoms with Gasteiger partial charge in [-0.15, -0.1) is 11.5 Å². The van der Waals surface area contributed by atoms with Crippen LogP contribution in [-0.2, 0) is 29.5 Å². The first kappa shape index (κ1) is 48.6. The van der Waals surface area contributed by atoms with Crippen LogP contribution in [0.1, 0.15) is 94.4 Å². The van der Waals surface area contributed by atoms with Gasteiger partial charge in [-0.05, 0) is 0 Å². The van der Waals surface area contributed by atoms with Gasteiger partial charge in [0.15, 0.2) is 0 Å². The standard InChI is InChI=1S/C39H70NO6Si3.3CH3.Sn/c1-16-48(17-2,18-3)46-39(29-38-40-23-24-43-38)28-35(42-12)27-36(44-39)37(45-49(30(4)5,31(6)7)32(8)9)26-33(10)21-22-34(41-11)20-19-25-47(13,14)15;;;;/h21-22,24,26,30-32,34-37H,16-18,20,27-29H2,1-15H3;3*1H3;/b22-21+,33-26+;;;;/t34-,35-,36-,37-,39-;;;;/m1..../s1. The van der Waals surface area contributed by atoms with E-state index >= 15 is 0 Å². The molecule has 1 aromatic heterocycles. The van der Waals surface area contributed by atoms with Gasteiger partial charge in [0.1, 0.15) is 8.07 Å². The molecule has 0 spiro atoms. The molecule has 0 aromatic carbocycles. The van der Waals surface area contributed by atoms with E-state index in [1.807, 2.05) is 13.4 Å². The van der Waals surface area contributed by atoms with E-state index in [1.165, 1.54) is 0 Å². The Labute approximate surface area is 333 Å². The second kappa shape index (κ2) is 20.8. The van der Waals surface area contributed by atoms with Crippen molar-refractivity contribution < 1.29 is 27.5 Å². The van der Waals surface area contributed by atoms with Gasteiger partial charge in [-0.25, -0.2) is 0 Å². The van der Waals surface area contributed by atoms with Gasteiger partial charge < -0.3 is 4.74 Å². The third-order valence-electron chi connectivity index (χ3n) is 11.3. The summed E-state index contributed by atoms with van der Waals surface area (Å²) in [5.74, 6) is 3.14. The molecular formula is C42H79NO6Si3Sn. The molecule has 53 heavy (non-hydrogen) atoms. The van der Waals surface area contributed by atoms with Crippen LogP contribution in [0.25, 0.3) is 0 Å². The van der Waals surface area contributed by atoms with Crippen LogP contribution in [-0.4, -0.2) is 92.5 Å². The van der Waals surface area contributed by atoms with Crippen LogP contribution < -0.4 is 3.71 Å². The second-order valence-electron chi connectivity index (χ2n) is 18.5. The fourth-order valence-corrected chi connectivity index (χ4v) is 19.6. The SMILES string of the molecule is CC[Si](CC)(CC)O[C@@]1(Cc2n[c]([Sn]([CH3])([CH3])[CH3])co2)C[C@H](OC)C[C@H]([C@@H](/C=C(C)/C=C/[C@@H](CC#C[Si](C)(C)C)OC)O[Si](C(C)C)(C(C)C)C(C)C)O1. The minimum absolute atomic E-state index is 0.0754. The Morgan fingerprint density at radius 1 is 1.00 bits per heavy atom. The quantitative estimate of drug-likeness (QED) is 0.0733. The number of hydrogen-bond donors (Lipinski definition) is 0. The van der Waals surface area contributed by atoms with E-state index in [9.17, 15) is 0 Å². The molecule has 0 N–H and O–H groups in total. The molecule has 0 amide bonds. The molecule has 7 nitrogen and oxygen atoms in total. The summed E-state index contributed by atoms with van der Waals surface area (Å²) in [6, 6.07) is 3.04. The fourth-order valence-electron chi connectivity index (χ4n) is 8.07. The molecule has 0 radical (unpaired) electrons. The molecule has 1 fully saturated rings. The van der Waals surface area contributed by atoms with Crippen LogP contribution in [0.2, 0.25) is 69.2 Å². The van der Waals surface area contributed by atoms with Gasteiger partial charge in [-0.2, -0.15) is 0 Å². The normalized spacial score (nSPS) is 22.2. The average Bonchev–Trinajstić information content (AvgIpc) is 3.54. The number of methoxy groups -OCH3 is 2. The summed E-state index contributed by atoms with van der Waals surface area (Å²) >= 11 is -2.47. The molecule has 0 aliphatic carbocycles. The predicted molar refractivity (Wildman–Crippen MR) is 234 cm³/mol. The van der Waals surface area contributed by atoms with E-state index in [1.54, 1.807) is 7.11 Å². The van der Waals surface area contributed by atoms with E-state index in [2.05, 4.69) is 133 Å². The van der Waals surface area contributed by atoms with Crippen molar-refractivity contribution in [2.45, 2.75) is 194 Å². The van der Waals surface area contributed by atoms with Gasteiger partial charge in [-0.3, -0.25) is 0 Å². The third kappa shape index (κ3) is 13.8. The molecule has 1 aliphatic rings. The van der Waals surface area contributed by atoms with Gasteiger partial charge in [0, 0.05) is 13.5 Å². The Hall–Kier alpha value is -0.501. The molecule has 1 aromatic rings. The van der Waals surface area contributed by atoms with Crippen molar-refractivity contribution >= 4 is 46.8 Å². The Bertz CT molecular complexity index is 1350. The van der Waals surface area contributed by atoms with Crippen molar-refractivity contribution in [2.75, 3.05) is 14.2 Å². The Balaban J connectivity index is 2.78. The second-order valence-corrected chi connectivity index (χ2v) is 47.6. The molecule has 5 atom stereocenters. The summed E-state index contributed by atoms with van der Waals surface area (Å²) in [6.45, 7) is 29.9. The molecule has 1 aliphatic heterocycles. The Morgan fingerprint density at radius 2 is 1.58 bits per heavy atom. The molecule has 11 heteroatoms. The number of oxazole rings is 1. The maximum atomic E-state index is 7.69. The first-order valence-corrected chi connectivity index (χ1v) is 38.6. The van der Waals surface area contributed by atoms with E-state index in [-0.39, 0.29) is 24.4 Å². The third-order valence-corrected chi connectivity index (χ3v) is 28.0. The van der Waals surface area contributed by atoms with E-state index in [0.29, 0.717) is 48.2 Å². The Morgan fingerprint density at radius 3 is 2.04 bits per heavy atom. The summed E-state index contributed by atoms with van der Waals surface area (Å²) in [4.78, 5) is 12.2. The van der Waals surface area contributed by atoms with Crippen LogP contribution in [0.5, 0.6) is 0 Å². The van der Waals surface area contributed by atoms with Crippen molar-refractivity contribution in [1.29, 1.82) is 0 Å². The monoisotopic (exact) mass is 897 g/mol. The minimum atomic E-state index is -2.47. The summed E-state index contributed by atoms with van der Waals surface area (Å²) < 4.78 is 42.2. The van der Waals surface area contributed by atoms with Gasteiger partial charge >= 0.3 is 272 Å². The van der Waals surface area contributed by atoms with Gasteiger partial charge in [-0.1, -0.05) is 19.6 Å². The van der Waals surface area contributed by atoms with Gasteiger partial charge in [0.25, 0.3) is 0 Å². The van der Waals surface area contributed by atoms with Crippen LogP contribution in [0, 0.1) is 11.5 Å². The topological polar surface area (TPSA) is 72.2 Å². The van der Waals surface area contributed by atoms with E-state index in [0.717, 1.165) is 27.4 Å². The molecule has 1 saturated heterocycles. The molecule has 0 saturated carbocycles. The zero-order valence-electron chi connectivity index (χ0n) is 37.2. The number of nitrogens with zero attached hydrogens (tertiary/aromatic N) is 1. The van der Waals surface area contributed by atoms with E-state index < -0.39 is 48.9 Å². The first-order chi connectivity index (χ1) is 24.5. The zero-order chi connectivity index (χ0) is 40.4. The molecular weight excluding hydrogens is 817 g/mol. The summed E-state index contributed by atoms with van der Waals surface area (Å²) in [5.41, 5.74) is 5.82. The van der Waals surface area contributed by atoms with Crippen molar-refractivity contribution in [3.63, 3.8) is 0 Å². The summed E-state index contributed by atoms with van der Waals surface area (Å²) in [5, 5.41) is 0. The Kier molecular flexibility index (Phi) is 19.1. The molecule has 0 bridgehead atoms. The number of ether oxygens (including phenoxy) is 3.